The molecule has 5 aromatic carbocycles. The fraction of sp³-hybridized carbons (Fsp3) is 0.0571. The molecule has 6 aromatic rings. The van der Waals surface area contributed by atoms with E-state index in [9.17, 15) is 0 Å². The first-order chi connectivity index (χ1) is 18.8. The number of hydrogen-bond acceptors (Lipinski definition) is 3. The molecule has 0 atom stereocenters. The smallest absolute Gasteiger partial charge is 0.163 e. The van der Waals surface area contributed by atoms with Gasteiger partial charge in [0.05, 0.1) is 0 Å². The van der Waals surface area contributed by atoms with Gasteiger partial charge in [-0.15, -0.1) is 0 Å². The van der Waals surface area contributed by atoms with E-state index < -0.39 is 0 Å². The maximum atomic E-state index is 4.53. The zero-order valence-corrected chi connectivity index (χ0v) is 20.7. The molecular formula is C35H23N3. The van der Waals surface area contributed by atoms with E-state index in [0.717, 1.165) is 24.0 Å². The SMILES string of the molecule is c1ccc2c(c1)Cc1c(-c3ccc(-c4ncncn4)c(-c4cccc5c4Cc4ccccc4-5)c3)cccc1-2. The lowest BCUT2D eigenvalue weighted by Crippen LogP contribution is -1.96. The predicted octanol–water partition coefficient (Wildman–Crippen LogP) is 8.02. The van der Waals surface area contributed by atoms with Gasteiger partial charge in [-0.2, -0.15) is 0 Å². The van der Waals surface area contributed by atoms with Crippen LogP contribution in [0.2, 0.25) is 0 Å². The van der Waals surface area contributed by atoms with Crippen molar-refractivity contribution in [1.82, 2.24) is 15.0 Å². The third-order valence-electron chi connectivity index (χ3n) is 8.06. The van der Waals surface area contributed by atoms with Gasteiger partial charge in [-0.25, -0.2) is 15.0 Å². The zero-order valence-electron chi connectivity index (χ0n) is 20.7. The van der Waals surface area contributed by atoms with Gasteiger partial charge < -0.3 is 0 Å². The van der Waals surface area contributed by atoms with Crippen LogP contribution in [0.3, 0.4) is 0 Å². The fourth-order valence-electron chi connectivity index (χ4n) is 6.35. The molecule has 0 unspecified atom stereocenters. The van der Waals surface area contributed by atoms with Crippen LogP contribution in [0, 0.1) is 0 Å². The Morgan fingerprint density at radius 3 is 1.61 bits per heavy atom. The molecule has 0 aliphatic heterocycles. The van der Waals surface area contributed by atoms with E-state index >= 15 is 0 Å². The van der Waals surface area contributed by atoms with E-state index in [-0.39, 0.29) is 0 Å². The summed E-state index contributed by atoms with van der Waals surface area (Å²) in [5.74, 6) is 0.695. The maximum Gasteiger partial charge on any atom is 0.163 e. The lowest BCUT2D eigenvalue weighted by atomic mass is 9.88. The lowest BCUT2D eigenvalue weighted by molar-refractivity contribution is 1.06. The van der Waals surface area contributed by atoms with Gasteiger partial charge in [-0.3, -0.25) is 0 Å². The number of hydrogen-bond donors (Lipinski definition) is 0. The van der Waals surface area contributed by atoms with Crippen LogP contribution in [0.15, 0.2) is 116 Å². The van der Waals surface area contributed by atoms with Crippen LogP contribution in [0.5, 0.6) is 0 Å². The molecule has 1 heterocycles. The van der Waals surface area contributed by atoms with E-state index in [1.807, 2.05) is 0 Å². The summed E-state index contributed by atoms with van der Waals surface area (Å²) in [4.78, 5) is 13.1. The molecule has 2 aliphatic carbocycles. The summed E-state index contributed by atoms with van der Waals surface area (Å²) < 4.78 is 0. The van der Waals surface area contributed by atoms with E-state index in [4.69, 9.17) is 0 Å². The minimum Gasteiger partial charge on any atom is -0.225 e. The molecule has 0 amide bonds. The van der Waals surface area contributed by atoms with Gasteiger partial charge >= 0.3 is 0 Å². The molecule has 178 valence electrons. The second-order valence-electron chi connectivity index (χ2n) is 10.1. The molecule has 0 radical (unpaired) electrons. The van der Waals surface area contributed by atoms with E-state index in [0.29, 0.717) is 5.82 Å². The van der Waals surface area contributed by atoms with Crippen LogP contribution in [0.25, 0.3) is 55.9 Å². The van der Waals surface area contributed by atoms with Gasteiger partial charge in [-0.05, 0) is 91.7 Å². The highest BCUT2D eigenvalue weighted by Crippen LogP contribution is 2.46. The fourth-order valence-corrected chi connectivity index (χ4v) is 6.35. The van der Waals surface area contributed by atoms with E-state index in [2.05, 4.69) is 118 Å². The molecule has 0 bridgehead atoms. The highest BCUT2D eigenvalue weighted by Gasteiger charge is 2.25. The molecule has 3 heteroatoms. The summed E-state index contributed by atoms with van der Waals surface area (Å²) in [6, 6.07) is 37.6. The van der Waals surface area contributed by atoms with Gasteiger partial charge in [0, 0.05) is 5.56 Å². The quantitative estimate of drug-likeness (QED) is 0.254. The molecule has 38 heavy (non-hydrogen) atoms. The minimum atomic E-state index is 0.695. The first-order valence-corrected chi connectivity index (χ1v) is 13.0. The summed E-state index contributed by atoms with van der Waals surface area (Å²) >= 11 is 0. The van der Waals surface area contributed by atoms with Crippen LogP contribution in [0.1, 0.15) is 22.3 Å². The normalized spacial score (nSPS) is 12.5. The number of nitrogens with zero attached hydrogens (tertiary/aromatic N) is 3. The van der Waals surface area contributed by atoms with Crippen LogP contribution in [0.4, 0.5) is 0 Å². The second-order valence-corrected chi connectivity index (χ2v) is 10.1. The van der Waals surface area contributed by atoms with Crippen LogP contribution in [-0.4, -0.2) is 15.0 Å². The van der Waals surface area contributed by atoms with Crippen molar-refractivity contribution in [3.8, 4) is 55.9 Å². The maximum absolute atomic E-state index is 4.53. The Hall–Kier alpha value is -4.89. The van der Waals surface area contributed by atoms with Gasteiger partial charge in [0.25, 0.3) is 0 Å². The van der Waals surface area contributed by atoms with Crippen molar-refractivity contribution in [2.45, 2.75) is 12.8 Å². The number of aromatic nitrogens is 3. The Labute approximate surface area is 221 Å². The molecule has 2 aliphatic rings. The van der Waals surface area contributed by atoms with Gasteiger partial charge in [0.2, 0.25) is 0 Å². The van der Waals surface area contributed by atoms with Gasteiger partial charge in [0.1, 0.15) is 12.7 Å². The van der Waals surface area contributed by atoms with E-state index in [1.165, 1.54) is 61.2 Å². The highest BCUT2D eigenvalue weighted by molar-refractivity contribution is 5.93. The Kier molecular flexibility index (Phi) is 4.65. The monoisotopic (exact) mass is 485 g/mol. The number of benzene rings is 5. The average molecular weight is 486 g/mol. The highest BCUT2D eigenvalue weighted by atomic mass is 15.0. The summed E-state index contributed by atoms with van der Waals surface area (Å²) in [5, 5.41) is 0. The van der Waals surface area contributed by atoms with Crippen molar-refractivity contribution >= 4 is 0 Å². The topological polar surface area (TPSA) is 38.7 Å². The van der Waals surface area contributed by atoms with Crippen molar-refractivity contribution in [1.29, 1.82) is 0 Å². The van der Waals surface area contributed by atoms with Crippen molar-refractivity contribution in [3.05, 3.63) is 138 Å². The number of fused-ring (bicyclic) bond motifs is 6. The van der Waals surface area contributed by atoms with E-state index in [1.54, 1.807) is 12.7 Å². The first kappa shape index (κ1) is 21.2. The standard InChI is InChI=1S/C35H23N3/c1-3-9-25-22(7-1)17-32-27(11-5-12-28(25)32)24-15-16-31(35-37-20-36-21-38-35)34(19-24)30-14-6-13-29-26-10-4-2-8-23(26)18-33(29)30/h1-16,19-21H,17-18H2. The van der Waals surface area contributed by atoms with Crippen molar-refractivity contribution in [2.24, 2.45) is 0 Å². The summed E-state index contributed by atoms with van der Waals surface area (Å²) in [6.07, 6.45) is 5.04. The van der Waals surface area contributed by atoms with Crippen molar-refractivity contribution in [2.75, 3.05) is 0 Å². The molecule has 3 nitrogen and oxygen atoms in total. The van der Waals surface area contributed by atoms with Crippen LogP contribution >= 0.6 is 0 Å². The molecule has 0 fully saturated rings. The average Bonchev–Trinajstić information content (AvgIpc) is 3.56. The Morgan fingerprint density at radius 2 is 0.947 bits per heavy atom. The Bertz CT molecular complexity index is 1870. The predicted molar refractivity (Wildman–Crippen MR) is 153 cm³/mol. The molecular weight excluding hydrogens is 462 g/mol. The second kappa shape index (κ2) is 8.32. The minimum absolute atomic E-state index is 0.695. The molecule has 0 saturated heterocycles. The van der Waals surface area contributed by atoms with Gasteiger partial charge in [-0.1, -0.05) is 91.0 Å². The zero-order chi connectivity index (χ0) is 25.1. The molecule has 0 spiro atoms. The van der Waals surface area contributed by atoms with Crippen molar-refractivity contribution < 1.29 is 0 Å². The third kappa shape index (κ3) is 3.18. The largest absolute Gasteiger partial charge is 0.225 e. The molecule has 0 N–H and O–H groups in total. The van der Waals surface area contributed by atoms with Gasteiger partial charge in [0.15, 0.2) is 5.82 Å². The summed E-state index contributed by atoms with van der Waals surface area (Å²) in [7, 11) is 0. The summed E-state index contributed by atoms with van der Waals surface area (Å²) in [5.41, 5.74) is 16.8. The summed E-state index contributed by atoms with van der Waals surface area (Å²) in [6.45, 7) is 0. The van der Waals surface area contributed by atoms with Crippen LogP contribution < -0.4 is 0 Å². The molecule has 8 rings (SSSR count). The third-order valence-corrected chi connectivity index (χ3v) is 8.06. The number of rotatable bonds is 3. The first-order valence-electron chi connectivity index (χ1n) is 13.0. The molecule has 1 aromatic heterocycles. The Morgan fingerprint density at radius 1 is 0.421 bits per heavy atom. The lowest BCUT2D eigenvalue weighted by Gasteiger charge is -2.16. The molecule has 0 saturated carbocycles. The van der Waals surface area contributed by atoms with Crippen molar-refractivity contribution in [3.63, 3.8) is 0 Å². The Balaban J connectivity index is 1.35. The van der Waals surface area contributed by atoms with Crippen LogP contribution in [-0.2, 0) is 12.8 Å².